The average molecular weight is 360 g/mol. The van der Waals surface area contributed by atoms with Crippen molar-refractivity contribution in [1.29, 1.82) is 0 Å². The van der Waals surface area contributed by atoms with Gasteiger partial charge in [-0.05, 0) is 62.4 Å². The van der Waals surface area contributed by atoms with Crippen molar-refractivity contribution in [1.82, 2.24) is 0 Å². The molecule has 0 saturated heterocycles. The molecule has 2 aromatic rings. The Kier molecular flexibility index (Phi) is 6.68. The summed E-state index contributed by atoms with van der Waals surface area (Å²) in [5.74, 6) is 0. The minimum Gasteiger partial charge on any atom is -0.399 e. The lowest BCUT2D eigenvalue weighted by Crippen LogP contribution is -2.46. The van der Waals surface area contributed by atoms with Crippen molar-refractivity contribution in [2.45, 2.75) is 32.4 Å². The van der Waals surface area contributed by atoms with Crippen LogP contribution in [0, 0.1) is 0 Å². The van der Waals surface area contributed by atoms with Gasteiger partial charge in [0.1, 0.15) is 12.5 Å². The number of hydrogen-bond donors (Lipinski definition) is 5. The summed E-state index contributed by atoms with van der Waals surface area (Å²) in [4.78, 5) is 3.35. The van der Waals surface area contributed by atoms with Crippen LogP contribution >= 0.6 is 0 Å². The predicted molar refractivity (Wildman–Crippen MR) is 106 cm³/mol. The number of rotatable bonds is 8. The zero-order valence-corrected chi connectivity index (χ0v) is 15.2. The highest BCUT2D eigenvalue weighted by Gasteiger charge is 2.21. The molecule has 0 amide bonds. The van der Waals surface area contributed by atoms with Gasteiger partial charge in [-0.1, -0.05) is 0 Å². The molecule has 0 aliphatic heterocycles. The molecule has 0 aliphatic carbocycles. The summed E-state index contributed by atoms with van der Waals surface area (Å²) in [6.07, 6.45) is -2.39. The van der Waals surface area contributed by atoms with E-state index in [1.54, 1.807) is 72.2 Å². The zero-order valence-electron chi connectivity index (χ0n) is 15.2. The van der Waals surface area contributed by atoms with Gasteiger partial charge in [-0.25, -0.2) is 0 Å². The van der Waals surface area contributed by atoms with Gasteiger partial charge in [-0.3, -0.25) is 0 Å². The second-order valence-electron chi connectivity index (χ2n) is 6.41. The number of nitrogens with two attached hydrogens (primary N) is 2. The molecule has 26 heavy (non-hydrogen) atoms. The quantitative estimate of drug-likeness (QED) is 0.354. The van der Waals surface area contributed by atoms with Gasteiger partial charge in [0.15, 0.2) is 0 Å². The fourth-order valence-electron chi connectivity index (χ4n) is 2.79. The van der Waals surface area contributed by atoms with E-state index >= 15 is 0 Å². The zero-order chi connectivity index (χ0) is 19.3. The summed E-state index contributed by atoms with van der Waals surface area (Å²) >= 11 is 0. The number of anilines is 4. The van der Waals surface area contributed by atoms with Crippen molar-refractivity contribution < 1.29 is 15.3 Å². The largest absolute Gasteiger partial charge is 0.399 e. The van der Waals surface area contributed by atoms with E-state index in [9.17, 15) is 15.3 Å². The fourth-order valence-corrected chi connectivity index (χ4v) is 2.79. The fraction of sp³-hybridized carbons (Fsp3) is 0.368. The predicted octanol–water partition coefficient (Wildman–Crippen LogP) is 1.20. The lowest BCUT2D eigenvalue weighted by Gasteiger charge is -2.34. The van der Waals surface area contributed by atoms with E-state index in [1.807, 2.05) is 0 Å². The number of nitrogen functional groups attached to an aromatic ring is 2. The van der Waals surface area contributed by atoms with Gasteiger partial charge < -0.3 is 36.6 Å². The third-order valence-corrected chi connectivity index (χ3v) is 4.17. The van der Waals surface area contributed by atoms with Crippen molar-refractivity contribution in [3.8, 4) is 0 Å². The summed E-state index contributed by atoms with van der Waals surface area (Å²) < 4.78 is 0. The molecule has 0 heterocycles. The van der Waals surface area contributed by atoms with Crippen molar-refractivity contribution in [3.63, 3.8) is 0 Å². The van der Waals surface area contributed by atoms with Crippen molar-refractivity contribution in [2.75, 3.05) is 34.4 Å². The number of aliphatic hydroxyl groups is 3. The molecule has 2 rings (SSSR count). The van der Waals surface area contributed by atoms with Gasteiger partial charge in [-0.15, -0.1) is 0 Å². The van der Waals surface area contributed by atoms with Crippen molar-refractivity contribution in [2.24, 2.45) is 0 Å². The molecule has 7 N–H and O–H groups in total. The van der Waals surface area contributed by atoms with Crippen LogP contribution in [0.25, 0.3) is 0 Å². The first-order valence-corrected chi connectivity index (χ1v) is 8.56. The van der Waals surface area contributed by atoms with Gasteiger partial charge >= 0.3 is 0 Å². The molecule has 0 bridgehead atoms. The Hall–Kier alpha value is -2.48. The van der Waals surface area contributed by atoms with E-state index in [0.29, 0.717) is 11.4 Å². The summed E-state index contributed by atoms with van der Waals surface area (Å²) in [7, 11) is 0. The highest BCUT2D eigenvalue weighted by Crippen LogP contribution is 2.21. The SMILES string of the molecule is CC(O)N(CC(O)CN(c1ccc(N)cc1)C(C)O)c1ccc(N)cc1. The van der Waals surface area contributed by atoms with Crippen LogP contribution in [0.15, 0.2) is 48.5 Å². The second kappa shape index (κ2) is 8.75. The first-order valence-electron chi connectivity index (χ1n) is 8.56. The minimum atomic E-state index is -0.811. The average Bonchev–Trinajstić information content (AvgIpc) is 2.59. The van der Waals surface area contributed by atoms with Gasteiger partial charge in [0, 0.05) is 35.8 Å². The molecular formula is C19H28N4O3. The van der Waals surface area contributed by atoms with E-state index in [0.717, 1.165) is 11.4 Å². The van der Waals surface area contributed by atoms with Crippen LogP contribution in [0.4, 0.5) is 22.7 Å². The molecular weight excluding hydrogens is 332 g/mol. The maximum atomic E-state index is 10.6. The Balaban J connectivity index is 2.11. The third kappa shape index (κ3) is 5.26. The summed E-state index contributed by atoms with van der Waals surface area (Å²) in [5, 5.41) is 30.7. The van der Waals surface area contributed by atoms with Crippen molar-refractivity contribution in [3.05, 3.63) is 48.5 Å². The van der Waals surface area contributed by atoms with Gasteiger partial charge in [0.25, 0.3) is 0 Å². The Morgan fingerprint density at radius 3 is 1.27 bits per heavy atom. The molecule has 0 fully saturated rings. The Morgan fingerprint density at radius 2 is 1.00 bits per heavy atom. The lowest BCUT2D eigenvalue weighted by molar-refractivity contribution is 0.126. The molecule has 7 nitrogen and oxygen atoms in total. The van der Waals surface area contributed by atoms with E-state index in [-0.39, 0.29) is 13.1 Å². The normalized spacial score (nSPS) is 14.5. The molecule has 0 radical (unpaired) electrons. The monoisotopic (exact) mass is 360 g/mol. The third-order valence-electron chi connectivity index (χ3n) is 4.17. The van der Waals surface area contributed by atoms with E-state index in [1.165, 1.54) is 0 Å². The highest BCUT2D eigenvalue weighted by atomic mass is 16.3. The molecule has 0 aliphatic rings. The first-order chi connectivity index (χ1) is 12.3. The van der Waals surface area contributed by atoms with Gasteiger partial charge in [-0.2, -0.15) is 0 Å². The van der Waals surface area contributed by atoms with E-state index in [2.05, 4.69) is 0 Å². The topological polar surface area (TPSA) is 119 Å². The summed E-state index contributed by atoms with van der Waals surface area (Å²) in [6.45, 7) is 3.66. The van der Waals surface area contributed by atoms with Crippen LogP contribution in [-0.4, -0.2) is 47.0 Å². The maximum absolute atomic E-state index is 10.6. The Bertz CT molecular complexity index is 615. The van der Waals surface area contributed by atoms with Crippen LogP contribution in [-0.2, 0) is 0 Å². The maximum Gasteiger partial charge on any atom is 0.124 e. The molecule has 2 atom stereocenters. The van der Waals surface area contributed by atoms with Crippen molar-refractivity contribution >= 4 is 22.7 Å². The molecule has 0 spiro atoms. The summed E-state index contributed by atoms with van der Waals surface area (Å²) in [6, 6.07) is 14.1. The standard InChI is InChI=1S/C19H28N4O3/c1-13(24)22(17-7-3-15(20)4-8-17)11-19(26)12-23(14(2)25)18-9-5-16(21)6-10-18/h3-10,13-14,19,24-26H,11-12,20-21H2,1-2H3. The number of benzene rings is 2. The minimum absolute atomic E-state index is 0.194. The Labute approximate surface area is 154 Å². The van der Waals surface area contributed by atoms with Gasteiger partial charge in [0.05, 0.1) is 6.10 Å². The molecule has 0 saturated carbocycles. The number of aliphatic hydroxyl groups excluding tert-OH is 3. The number of nitrogens with zero attached hydrogens (tertiary/aromatic N) is 2. The number of hydrogen-bond acceptors (Lipinski definition) is 7. The Morgan fingerprint density at radius 1 is 0.692 bits per heavy atom. The van der Waals surface area contributed by atoms with Crippen LogP contribution in [0.5, 0.6) is 0 Å². The first kappa shape index (κ1) is 19.8. The molecule has 142 valence electrons. The summed E-state index contributed by atoms with van der Waals surface area (Å²) in [5.41, 5.74) is 14.2. The second-order valence-corrected chi connectivity index (χ2v) is 6.41. The van der Waals surface area contributed by atoms with E-state index < -0.39 is 18.6 Å². The van der Waals surface area contributed by atoms with Crippen LogP contribution < -0.4 is 21.3 Å². The molecule has 2 unspecified atom stereocenters. The van der Waals surface area contributed by atoms with Gasteiger partial charge in [0.2, 0.25) is 0 Å². The lowest BCUT2D eigenvalue weighted by atomic mass is 10.2. The molecule has 7 heteroatoms. The smallest absolute Gasteiger partial charge is 0.124 e. The molecule has 0 aromatic heterocycles. The van der Waals surface area contributed by atoms with Crippen LogP contribution in [0.1, 0.15) is 13.8 Å². The molecule has 2 aromatic carbocycles. The van der Waals surface area contributed by atoms with Crippen LogP contribution in [0.2, 0.25) is 0 Å². The van der Waals surface area contributed by atoms with E-state index in [4.69, 9.17) is 11.5 Å². The highest BCUT2D eigenvalue weighted by molar-refractivity contribution is 5.55. The van der Waals surface area contributed by atoms with Crippen LogP contribution in [0.3, 0.4) is 0 Å².